The summed E-state index contributed by atoms with van der Waals surface area (Å²) in [5, 5.41) is 24.9. The third-order valence-corrected chi connectivity index (χ3v) is 6.86. The number of aromatic hydroxyl groups is 2. The van der Waals surface area contributed by atoms with Gasteiger partial charge >= 0.3 is 0 Å². The molecule has 3 aromatic rings. The van der Waals surface area contributed by atoms with Gasteiger partial charge in [-0.3, -0.25) is 0 Å². The van der Waals surface area contributed by atoms with Crippen LogP contribution in [0, 0.1) is 12.8 Å². The smallest absolute Gasteiger partial charge is 0.138 e. The van der Waals surface area contributed by atoms with Crippen LogP contribution >= 0.6 is 11.6 Å². The molecule has 0 amide bonds. The van der Waals surface area contributed by atoms with E-state index in [0.717, 1.165) is 79.8 Å². The lowest BCUT2D eigenvalue weighted by atomic mass is 9.88. The number of aryl methyl sites for hydroxylation is 1. The average Bonchev–Trinajstić information content (AvgIpc) is 2.82. The third kappa shape index (κ3) is 6.21. The van der Waals surface area contributed by atoms with Crippen molar-refractivity contribution in [2.45, 2.75) is 32.6 Å². The van der Waals surface area contributed by atoms with E-state index in [0.29, 0.717) is 22.4 Å². The van der Waals surface area contributed by atoms with Crippen molar-refractivity contribution < 1.29 is 10.2 Å². The molecule has 1 saturated heterocycles. The van der Waals surface area contributed by atoms with Gasteiger partial charge in [0.25, 0.3) is 0 Å². The molecule has 3 N–H and O–H groups in total. The second kappa shape index (κ2) is 11.0. The third-order valence-electron chi connectivity index (χ3n) is 6.61. The van der Waals surface area contributed by atoms with E-state index in [1.165, 1.54) is 0 Å². The van der Waals surface area contributed by atoms with Crippen molar-refractivity contribution in [1.29, 1.82) is 0 Å². The van der Waals surface area contributed by atoms with E-state index >= 15 is 0 Å². The summed E-state index contributed by atoms with van der Waals surface area (Å²) in [6, 6.07) is 19.3. The number of hydrogen-bond acceptors (Lipinski definition) is 4. The number of likely N-dealkylation sites (tertiary alicyclic amines) is 1. The maximum atomic E-state index is 10.9. The molecule has 0 bridgehead atoms. The second-order valence-electron chi connectivity index (χ2n) is 9.11. The standard InChI is InChI=1S/C28H33ClN2O2/c1-20-6-11-27(32)26(18-20)30-14-3-15-31-16-12-21(13-17-31)19-23-4-2-5-25(28(23)33)22-7-9-24(29)10-8-22/h2,4-11,18,21,30,32-33H,3,12-17,19H2,1H3. The van der Waals surface area contributed by atoms with E-state index in [-0.39, 0.29) is 0 Å². The molecule has 1 aliphatic heterocycles. The highest BCUT2D eigenvalue weighted by Gasteiger charge is 2.21. The Labute approximate surface area is 201 Å². The minimum absolute atomic E-state index is 0.310. The first kappa shape index (κ1) is 23.5. The van der Waals surface area contributed by atoms with Crippen LogP contribution in [0.1, 0.15) is 30.4 Å². The summed E-state index contributed by atoms with van der Waals surface area (Å²) in [5.41, 5.74) is 4.84. The first-order valence-electron chi connectivity index (χ1n) is 11.8. The lowest BCUT2D eigenvalue weighted by molar-refractivity contribution is 0.183. The highest BCUT2D eigenvalue weighted by atomic mass is 35.5. The monoisotopic (exact) mass is 464 g/mol. The van der Waals surface area contributed by atoms with Gasteiger partial charge in [0.15, 0.2) is 0 Å². The first-order chi connectivity index (χ1) is 16.0. The summed E-state index contributed by atoms with van der Waals surface area (Å²) >= 11 is 6.01. The lowest BCUT2D eigenvalue weighted by Gasteiger charge is -2.32. The van der Waals surface area contributed by atoms with Crippen molar-refractivity contribution in [3.63, 3.8) is 0 Å². The van der Waals surface area contributed by atoms with Crippen LogP contribution in [0.25, 0.3) is 11.1 Å². The Kier molecular flexibility index (Phi) is 7.79. The van der Waals surface area contributed by atoms with Gasteiger partial charge in [-0.05, 0) is 99.1 Å². The number of anilines is 1. The van der Waals surface area contributed by atoms with Gasteiger partial charge in [0.1, 0.15) is 11.5 Å². The summed E-state index contributed by atoms with van der Waals surface area (Å²) in [6.45, 7) is 6.13. The van der Waals surface area contributed by atoms with Crippen molar-refractivity contribution in [2.75, 3.05) is 31.5 Å². The van der Waals surface area contributed by atoms with Crippen molar-refractivity contribution in [3.8, 4) is 22.6 Å². The predicted molar refractivity (Wildman–Crippen MR) is 137 cm³/mol. The second-order valence-corrected chi connectivity index (χ2v) is 9.55. The molecular formula is C28H33ClN2O2. The molecule has 4 nitrogen and oxygen atoms in total. The number of hydrogen-bond donors (Lipinski definition) is 3. The van der Waals surface area contributed by atoms with Crippen LogP contribution in [0.4, 0.5) is 5.69 Å². The highest BCUT2D eigenvalue weighted by molar-refractivity contribution is 6.30. The van der Waals surface area contributed by atoms with Crippen LogP contribution < -0.4 is 5.32 Å². The number of para-hydroxylation sites is 1. The molecule has 0 aliphatic carbocycles. The van der Waals surface area contributed by atoms with Gasteiger partial charge in [-0.25, -0.2) is 0 Å². The average molecular weight is 465 g/mol. The quantitative estimate of drug-likeness (QED) is 0.263. The topological polar surface area (TPSA) is 55.7 Å². The fourth-order valence-electron chi connectivity index (χ4n) is 4.66. The lowest BCUT2D eigenvalue weighted by Crippen LogP contribution is -2.35. The Morgan fingerprint density at radius 1 is 1.00 bits per heavy atom. The van der Waals surface area contributed by atoms with Crippen LogP contribution in [0.2, 0.25) is 5.02 Å². The Balaban J connectivity index is 1.24. The Morgan fingerprint density at radius 2 is 1.76 bits per heavy atom. The number of phenolic OH excluding ortho intramolecular Hbond substituents is 2. The fourth-order valence-corrected chi connectivity index (χ4v) is 4.79. The van der Waals surface area contributed by atoms with Crippen LogP contribution in [0.5, 0.6) is 11.5 Å². The van der Waals surface area contributed by atoms with Crippen LogP contribution in [0.15, 0.2) is 60.7 Å². The van der Waals surface area contributed by atoms with Gasteiger partial charge in [-0.15, -0.1) is 0 Å². The maximum Gasteiger partial charge on any atom is 0.138 e. The Bertz CT molecular complexity index is 1060. The van der Waals surface area contributed by atoms with E-state index in [4.69, 9.17) is 11.6 Å². The normalized spacial score (nSPS) is 15.0. The number of nitrogens with zero attached hydrogens (tertiary/aromatic N) is 1. The molecule has 3 aromatic carbocycles. The molecule has 0 atom stereocenters. The predicted octanol–water partition coefficient (Wildman–Crippen LogP) is 6.48. The van der Waals surface area contributed by atoms with E-state index < -0.39 is 0 Å². The minimum atomic E-state index is 0.310. The number of nitrogens with one attached hydrogen (secondary N) is 1. The summed E-state index contributed by atoms with van der Waals surface area (Å²) in [5.74, 6) is 1.30. The SMILES string of the molecule is Cc1ccc(O)c(NCCCN2CCC(Cc3cccc(-c4ccc(Cl)cc4)c3O)CC2)c1. The fraction of sp³-hybridized carbons (Fsp3) is 0.357. The van der Waals surface area contributed by atoms with Crippen molar-refractivity contribution in [1.82, 2.24) is 4.90 Å². The van der Waals surface area contributed by atoms with Crippen molar-refractivity contribution in [3.05, 3.63) is 76.8 Å². The molecule has 4 rings (SSSR count). The molecule has 1 aliphatic rings. The Morgan fingerprint density at radius 3 is 2.52 bits per heavy atom. The molecule has 0 aromatic heterocycles. The van der Waals surface area contributed by atoms with Gasteiger partial charge < -0.3 is 20.4 Å². The highest BCUT2D eigenvalue weighted by Crippen LogP contribution is 2.35. The largest absolute Gasteiger partial charge is 0.507 e. The molecule has 5 heteroatoms. The number of rotatable bonds is 8. The minimum Gasteiger partial charge on any atom is -0.507 e. The Hall–Kier alpha value is -2.69. The van der Waals surface area contributed by atoms with E-state index in [2.05, 4.69) is 10.2 Å². The van der Waals surface area contributed by atoms with Gasteiger partial charge in [-0.1, -0.05) is 48.0 Å². The van der Waals surface area contributed by atoms with Crippen molar-refractivity contribution >= 4 is 17.3 Å². The van der Waals surface area contributed by atoms with E-state index in [1.807, 2.05) is 61.5 Å². The first-order valence-corrected chi connectivity index (χ1v) is 12.2. The molecule has 174 valence electrons. The molecule has 1 fully saturated rings. The van der Waals surface area contributed by atoms with Gasteiger partial charge in [0.2, 0.25) is 0 Å². The van der Waals surface area contributed by atoms with Gasteiger partial charge in [0.05, 0.1) is 5.69 Å². The zero-order valence-electron chi connectivity index (χ0n) is 19.2. The maximum absolute atomic E-state index is 10.9. The molecule has 0 radical (unpaired) electrons. The zero-order valence-corrected chi connectivity index (χ0v) is 20.0. The molecule has 1 heterocycles. The summed E-state index contributed by atoms with van der Waals surface area (Å²) in [7, 11) is 0. The molecule has 0 saturated carbocycles. The molecule has 0 spiro atoms. The van der Waals surface area contributed by atoms with Gasteiger partial charge in [-0.2, -0.15) is 0 Å². The summed E-state index contributed by atoms with van der Waals surface area (Å²) in [4.78, 5) is 2.53. The van der Waals surface area contributed by atoms with Crippen LogP contribution in [0.3, 0.4) is 0 Å². The zero-order chi connectivity index (χ0) is 23.2. The number of piperidine rings is 1. The van der Waals surface area contributed by atoms with Crippen molar-refractivity contribution in [2.24, 2.45) is 5.92 Å². The van der Waals surface area contributed by atoms with Crippen LogP contribution in [-0.2, 0) is 6.42 Å². The number of phenols is 2. The van der Waals surface area contributed by atoms with Crippen LogP contribution in [-0.4, -0.2) is 41.3 Å². The van der Waals surface area contributed by atoms with Gasteiger partial charge in [0, 0.05) is 17.1 Å². The number of benzene rings is 3. The molecular weight excluding hydrogens is 432 g/mol. The van der Waals surface area contributed by atoms with E-state index in [1.54, 1.807) is 6.07 Å². The number of halogens is 1. The van der Waals surface area contributed by atoms with E-state index in [9.17, 15) is 10.2 Å². The molecule has 33 heavy (non-hydrogen) atoms. The summed E-state index contributed by atoms with van der Waals surface area (Å²) < 4.78 is 0. The summed E-state index contributed by atoms with van der Waals surface area (Å²) in [6.07, 6.45) is 4.25. The molecule has 0 unspecified atom stereocenters.